The molecular weight excluding hydrogens is 253 g/mol. The molecule has 1 aromatic carbocycles. The summed E-state index contributed by atoms with van der Waals surface area (Å²) in [5.74, 6) is -0.0196. The summed E-state index contributed by atoms with van der Waals surface area (Å²) in [6, 6.07) is 5.53. The van der Waals surface area contributed by atoms with Gasteiger partial charge >= 0.3 is 0 Å². The predicted octanol–water partition coefficient (Wildman–Crippen LogP) is 2.32. The van der Waals surface area contributed by atoms with Crippen molar-refractivity contribution in [3.05, 3.63) is 33.8 Å². The molecule has 0 aromatic heterocycles. The van der Waals surface area contributed by atoms with Gasteiger partial charge in [0.15, 0.2) is 5.78 Å². The molecule has 0 saturated carbocycles. The Morgan fingerprint density at radius 3 is 2.69 bits per heavy atom. The molecule has 0 heterocycles. The average molecular weight is 265 g/mol. The molecule has 0 radical (unpaired) electrons. The highest BCUT2D eigenvalue weighted by Gasteiger charge is 2.07. The third-order valence-electron chi connectivity index (χ3n) is 1.75. The van der Waals surface area contributed by atoms with Gasteiger partial charge in [0.25, 0.3) is 0 Å². The lowest BCUT2D eigenvalue weighted by atomic mass is 10.1. The Labute approximate surface area is 92.0 Å². The molecule has 1 rings (SSSR count). The Morgan fingerprint density at radius 2 is 2.15 bits per heavy atom. The Kier molecular flexibility index (Phi) is 5.21. The average Bonchev–Trinajstić information content (AvgIpc) is 2.08. The number of halogens is 2. The SMILES string of the molecule is Cc1c(Br)cccc1C(=O)CN.Cl. The number of carbonyl (C=O) groups excluding carboxylic acids is 1. The van der Waals surface area contributed by atoms with E-state index in [0.717, 1.165) is 10.0 Å². The van der Waals surface area contributed by atoms with Crippen molar-refractivity contribution in [2.24, 2.45) is 5.73 Å². The number of benzene rings is 1. The first-order valence-corrected chi connectivity index (χ1v) is 4.44. The number of hydrogen-bond acceptors (Lipinski definition) is 2. The molecule has 0 bridgehead atoms. The first kappa shape index (κ1) is 12.6. The van der Waals surface area contributed by atoms with Crippen LogP contribution in [0.3, 0.4) is 0 Å². The minimum atomic E-state index is -0.0196. The highest BCUT2D eigenvalue weighted by atomic mass is 79.9. The monoisotopic (exact) mass is 263 g/mol. The fraction of sp³-hybridized carbons (Fsp3) is 0.222. The van der Waals surface area contributed by atoms with Gasteiger partial charge in [-0.15, -0.1) is 12.4 Å². The lowest BCUT2D eigenvalue weighted by molar-refractivity contribution is 0.100. The summed E-state index contributed by atoms with van der Waals surface area (Å²) in [6.07, 6.45) is 0. The smallest absolute Gasteiger partial charge is 0.176 e. The molecule has 0 unspecified atom stereocenters. The second-order valence-electron chi connectivity index (χ2n) is 2.54. The van der Waals surface area contributed by atoms with Crippen LogP contribution in [-0.2, 0) is 0 Å². The molecule has 0 fully saturated rings. The Balaban J connectivity index is 0.00000144. The van der Waals surface area contributed by atoms with Crippen LogP contribution in [0.25, 0.3) is 0 Å². The van der Waals surface area contributed by atoms with Crippen LogP contribution in [0.1, 0.15) is 15.9 Å². The van der Waals surface area contributed by atoms with Crippen LogP contribution < -0.4 is 5.73 Å². The third-order valence-corrected chi connectivity index (χ3v) is 2.61. The van der Waals surface area contributed by atoms with Crippen LogP contribution in [0.5, 0.6) is 0 Å². The standard InChI is InChI=1S/C9H10BrNO.ClH/c1-6-7(9(12)5-11)3-2-4-8(6)10;/h2-4H,5,11H2,1H3;1H. The molecule has 0 aliphatic heterocycles. The van der Waals surface area contributed by atoms with E-state index in [-0.39, 0.29) is 24.7 Å². The van der Waals surface area contributed by atoms with Gasteiger partial charge in [-0.3, -0.25) is 4.79 Å². The van der Waals surface area contributed by atoms with Gasteiger partial charge in [-0.05, 0) is 18.6 Å². The number of Topliss-reactive ketones (excluding diaryl/α,β-unsaturated/α-hetero) is 1. The van der Waals surface area contributed by atoms with Crippen LogP contribution in [-0.4, -0.2) is 12.3 Å². The fourth-order valence-corrected chi connectivity index (χ4v) is 1.39. The summed E-state index contributed by atoms with van der Waals surface area (Å²) >= 11 is 3.35. The zero-order chi connectivity index (χ0) is 9.14. The summed E-state index contributed by atoms with van der Waals surface area (Å²) in [5, 5.41) is 0. The molecule has 13 heavy (non-hydrogen) atoms. The molecule has 4 heteroatoms. The lowest BCUT2D eigenvalue weighted by Gasteiger charge is -2.03. The van der Waals surface area contributed by atoms with E-state index in [1.807, 2.05) is 19.1 Å². The normalized spacial score (nSPS) is 9.15. The highest BCUT2D eigenvalue weighted by Crippen LogP contribution is 2.19. The molecule has 0 atom stereocenters. The zero-order valence-electron chi connectivity index (χ0n) is 7.21. The van der Waals surface area contributed by atoms with E-state index in [2.05, 4.69) is 15.9 Å². The number of ketones is 1. The molecule has 72 valence electrons. The number of carbonyl (C=O) groups is 1. The van der Waals surface area contributed by atoms with E-state index in [0.29, 0.717) is 5.56 Å². The quantitative estimate of drug-likeness (QED) is 0.833. The van der Waals surface area contributed by atoms with Gasteiger partial charge in [0.1, 0.15) is 0 Å². The van der Waals surface area contributed by atoms with Gasteiger partial charge in [0.2, 0.25) is 0 Å². The largest absolute Gasteiger partial charge is 0.324 e. The zero-order valence-corrected chi connectivity index (χ0v) is 9.61. The van der Waals surface area contributed by atoms with Gasteiger partial charge in [-0.1, -0.05) is 28.1 Å². The van der Waals surface area contributed by atoms with E-state index < -0.39 is 0 Å². The van der Waals surface area contributed by atoms with Crippen molar-refractivity contribution < 1.29 is 4.79 Å². The van der Waals surface area contributed by atoms with Gasteiger partial charge in [-0.25, -0.2) is 0 Å². The second-order valence-corrected chi connectivity index (χ2v) is 3.39. The van der Waals surface area contributed by atoms with Gasteiger partial charge in [0, 0.05) is 10.0 Å². The van der Waals surface area contributed by atoms with E-state index in [9.17, 15) is 4.79 Å². The van der Waals surface area contributed by atoms with Crippen LogP contribution in [0.15, 0.2) is 22.7 Å². The van der Waals surface area contributed by atoms with Crippen molar-refractivity contribution in [1.82, 2.24) is 0 Å². The minimum absolute atomic E-state index is 0. The van der Waals surface area contributed by atoms with Gasteiger partial charge < -0.3 is 5.73 Å². The first-order chi connectivity index (χ1) is 5.66. The summed E-state index contributed by atoms with van der Waals surface area (Å²) in [6.45, 7) is 1.96. The summed E-state index contributed by atoms with van der Waals surface area (Å²) in [5.41, 5.74) is 6.91. The van der Waals surface area contributed by atoms with Crippen molar-refractivity contribution in [2.45, 2.75) is 6.92 Å². The molecule has 2 nitrogen and oxygen atoms in total. The van der Waals surface area contributed by atoms with Crippen molar-refractivity contribution in [2.75, 3.05) is 6.54 Å². The summed E-state index contributed by atoms with van der Waals surface area (Å²) in [7, 11) is 0. The Morgan fingerprint density at radius 1 is 1.54 bits per heavy atom. The van der Waals surface area contributed by atoms with E-state index in [4.69, 9.17) is 5.73 Å². The number of hydrogen-bond donors (Lipinski definition) is 1. The molecule has 1 aromatic rings. The van der Waals surface area contributed by atoms with Gasteiger partial charge in [-0.2, -0.15) is 0 Å². The maximum Gasteiger partial charge on any atom is 0.176 e. The third kappa shape index (κ3) is 2.79. The van der Waals surface area contributed by atoms with Crippen molar-refractivity contribution >= 4 is 34.1 Å². The molecule has 0 spiro atoms. The van der Waals surface area contributed by atoms with Gasteiger partial charge in [0.05, 0.1) is 6.54 Å². The van der Waals surface area contributed by atoms with E-state index in [1.165, 1.54) is 0 Å². The number of rotatable bonds is 2. The fourth-order valence-electron chi connectivity index (χ4n) is 1.02. The Bertz CT molecular complexity index is 314. The minimum Gasteiger partial charge on any atom is -0.324 e. The molecule has 0 aliphatic rings. The molecular formula is C9H11BrClNO. The predicted molar refractivity (Wildman–Crippen MR) is 59.5 cm³/mol. The van der Waals surface area contributed by atoms with Crippen LogP contribution in [0.2, 0.25) is 0 Å². The Hall–Kier alpha value is -0.380. The molecule has 0 amide bonds. The lowest BCUT2D eigenvalue weighted by Crippen LogP contribution is -2.14. The summed E-state index contributed by atoms with van der Waals surface area (Å²) in [4.78, 5) is 11.2. The van der Waals surface area contributed by atoms with Crippen molar-refractivity contribution in [1.29, 1.82) is 0 Å². The number of nitrogens with two attached hydrogens (primary N) is 1. The molecule has 0 aliphatic carbocycles. The topological polar surface area (TPSA) is 43.1 Å². The van der Waals surface area contributed by atoms with Crippen molar-refractivity contribution in [3.63, 3.8) is 0 Å². The van der Waals surface area contributed by atoms with Crippen LogP contribution >= 0.6 is 28.3 Å². The highest BCUT2D eigenvalue weighted by molar-refractivity contribution is 9.10. The van der Waals surface area contributed by atoms with Crippen LogP contribution in [0.4, 0.5) is 0 Å². The van der Waals surface area contributed by atoms with Crippen molar-refractivity contribution in [3.8, 4) is 0 Å². The van der Waals surface area contributed by atoms with E-state index in [1.54, 1.807) is 6.07 Å². The van der Waals surface area contributed by atoms with E-state index >= 15 is 0 Å². The second kappa shape index (κ2) is 5.37. The maximum absolute atomic E-state index is 11.2. The van der Waals surface area contributed by atoms with Crippen LogP contribution in [0, 0.1) is 6.92 Å². The first-order valence-electron chi connectivity index (χ1n) is 3.65. The summed E-state index contributed by atoms with van der Waals surface area (Å²) < 4.78 is 0.946. The molecule has 0 saturated heterocycles. The molecule has 2 N–H and O–H groups in total. The maximum atomic E-state index is 11.2.